The second-order valence-electron chi connectivity index (χ2n) is 7.62. The summed E-state index contributed by atoms with van der Waals surface area (Å²) in [6.45, 7) is 1.01. The summed E-state index contributed by atoms with van der Waals surface area (Å²) in [5.74, 6) is -0.348. The molecule has 28 heavy (non-hydrogen) atoms. The maximum absolute atomic E-state index is 12.6. The Balaban J connectivity index is 1.58. The minimum Gasteiger partial charge on any atom is -0.353 e. The highest BCUT2D eigenvalue weighted by Crippen LogP contribution is 2.22. The Morgan fingerprint density at radius 2 is 1.86 bits per heavy atom. The van der Waals surface area contributed by atoms with Gasteiger partial charge in [-0.25, -0.2) is 0 Å². The van der Waals surface area contributed by atoms with Crippen LogP contribution in [0.3, 0.4) is 0 Å². The molecule has 7 heteroatoms. The van der Waals surface area contributed by atoms with Gasteiger partial charge in [0.25, 0.3) is 5.69 Å². The van der Waals surface area contributed by atoms with E-state index in [0.29, 0.717) is 18.7 Å². The van der Waals surface area contributed by atoms with Gasteiger partial charge in [0.2, 0.25) is 11.8 Å². The van der Waals surface area contributed by atoms with Crippen LogP contribution in [0.25, 0.3) is 6.08 Å². The number of para-hydroxylation sites is 1. The van der Waals surface area contributed by atoms with E-state index in [9.17, 15) is 19.7 Å². The van der Waals surface area contributed by atoms with Crippen molar-refractivity contribution in [1.29, 1.82) is 0 Å². The molecule has 1 saturated heterocycles. The monoisotopic (exact) mass is 385 g/mol. The molecule has 2 amide bonds. The Bertz CT molecular complexity index is 756. The number of likely N-dealkylation sites (tertiary alicyclic amines) is 1. The summed E-state index contributed by atoms with van der Waals surface area (Å²) in [7, 11) is 0. The fourth-order valence-corrected chi connectivity index (χ4v) is 4.02. The van der Waals surface area contributed by atoms with E-state index in [1.807, 2.05) is 0 Å². The van der Waals surface area contributed by atoms with Gasteiger partial charge in [-0.2, -0.15) is 0 Å². The Hall–Kier alpha value is -2.70. The summed E-state index contributed by atoms with van der Waals surface area (Å²) in [5.41, 5.74) is 0.361. The molecule has 7 nitrogen and oxygen atoms in total. The summed E-state index contributed by atoms with van der Waals surface area (Å²) in [5, 5.41) is 14.2. The van der Waals surface area contributed by atoms with Gasteiger partial charge in [-0.3, -0.25) is 19.7 Å². The van der Waals surface area contributed by atoms with Gasteiger partial charge in [0.1, 0.15) is 0 Å². The van der Waals surface area contributed by atoms with Crippen LogP contribution in [0.5, 0.6) is 0 Å². The first-order valence-corrected chi connectivity index (χ1v) is 10.1. The van der Waals surface area contributed by atoms with E-state index in [0.717, 1.165) is 38.5 Å². The van der Waals surface area contributed by atoms with Crippen LogP contribution in [0.2, 0.25) is 0 Å². The lowest BCUT2D eigenvalue weighted by molar-refractivity contribution is -0.385. The molecule has 2 aliphatic rings. The number of hydrogen-bond donors (Lipinski definition) is 1. The van der Waals surface area contributed by atoms with Crippen molar-refractivity contribution in [3.8, 4) is 0 Å². The molecule has 1 aliphatic heterocycles. The highest BCUT2D eigenvalue weighted by Gasteiger charge is 2.29. The van der Waals surface area contributed by atoms with Crippen molar-refractivity contribution in [3.63, 3.8) is 0 Å². The molecule has 1 aliphatic carbocycles. The number of piperidine rings is 1. The normalized spacial score (nSPS) is 20.9. The molecule has 0 radical (unpaired) electrons. The number of benzene rings is 1. The molecule has 1 N–H and O–H groups in total. The van der Waals surface area contributed by atoms with Gasteiger partial charge in [-0.1, -0.05) is 31.4 Å². The summed E-state index contributed by atoms with van der Waals surface area (Å²) < 4.78 is 0. The third-order valence-electron chi connectivity index (χ3n) is 5.59. The molecule has 3 rings (SSSR count). The van der Waals surface area contributed by atoms with Gasteiger partial charge in [0, 0.05) is 31.3 Å². The van der Waals surface area contributed by atoms with Crippen LogP contribution in [0.1, 0.15) is 50.5 Å². The number of nitro groups is 1. The number of carbonyl (C=O) groups is 2. The predicted octanol–water partition coefficient (Wildman–Crippen LogP) is 3.30. The molecule has 1 saturated carbocycles. The fraction of sp³-hybridized carbons (Fsp3) is 0.524. The number of nitro benzene ring substituents is 1. The Morgan fingerprint density at radius 3 is 2.61 bits per heavy atom. The molecule has 1 atom stereocenters. The lowest BCUT2D eigenvalue weighted by Gasteiger charge is -2.33. The first kappa shape index (κ1) is 20.0. The first-order valence-electron chi connectivity index (χ1n) is 10.1. The van der Waals surface area contributed by atoms with Crippen LogP contribution in [-0.2, 0) is 9.59 Å². The fourth-order valence-electron chi connectivity index (χ4n) is 4.02. The van der Waals surface area contributed by atoms with E-state index < -0.39 is 4.92 Å². The quantitative estimate of drug-likeness (QED) is 0.478. The molecule has 0 bridgehead atoms. The zero-order valence-electron chi connectivity index (χ0n) is 16.0. The molecule has 150 valence electrons. The number of amides is 2. The standard InChI is InChI=1S/C21H27N3O4/c25-20(13-12-16-7-4-5-11-19(16)24(27)28)23-14-6-8-17(15-23)21(26)22-18-9-2-1-3-10-18/h4-5,7,11-13,17-18H,1-3,6,8-10,14-15H2,(H,22,26)/b13-12+. The van der Waals surface area contributed by atoms with Crippen LogP contribution in [0, 0.1) is 16.0 Å². The van der Waals surface area contributed by atoms with Gasteiger partial charge in [-0.05, 0) is 37.8 Å². The zero-order chi connectivity index (χ0) is 19.9. The minimum absolute atomic E-state index is 0.0325. The van der Waals surface area contributed by atoms with Gasteiger partial charge in [-0.15, -0.1) is 0 Å². The molecule has 0 aromatic heterocycles. The van der Waals surface area contributed by atoms with E-state index in [2.05, 4.69) is 5.32 Å². The average Bonchev–Trinajstić information content (AvgIpc) is 2.73. The summed E-state index contributed by atoms with van der Waals surface area (Å²) in [6.07, 6.45) is 10.1. The molecule has 2 fully saturated rings. The van der Waals surface area contributed by atoms with E-state index >= 15 is 0 Å². The highest BCUT2D eigenvalue weighted by molar-refractivity contribution is 5.93. The second kappa shape index (κ2) is 9.48. The van der Waals surface area contributed by atoms with E-state index in [-0.39, 0.29) is 29.5 Å². The SMILES string of the molecule is O=C(NC1CCCCC1)C1CCCN(C(=O)/C=C/c2ccccc2[N+](=O)[O-])C1. The lowest BCUT2D eigenvalue weighted by Crippen LogP contribution is -2.47. The van der Waals surface area contributed by atoms with E-state index in [4.69, 9.17) is 0 Å². The number of rotatable bonds is 5. The molecule has 1 heterocycles. The maximum Gasteiger partial charge on any atom is 0.276 e. The van der Waals surface area contributed by atoms with Gasteiger partial charge < -0.3 is 10.2 Å². The predicted molar refractivity (Wildman–Crippen MR) is 106 cm³/mol. The third-order valence-corrected chi connectivity index (χ3v) is 5.59. The zero-order valence-corrected chi connectivity index (χ0v) is 16.0. The molecule has 0 spiro atoms. The molecule has 1 aromatic carbocycles. The van der Waals surface area contributed by atoms with Crippen LogP contribution >= 0.6 is 0 Å². The number of nitrogens with one attached hydrogen (secondary N) is 1. The summed E-state index contributed by atoms with van der Waals surface area (Å²) >= 11 is 0. The maximum atomic E-state index is 12.6. The number of hydrogen-bond acceptors (Lipinski definition) is 4. The summed E-state index contributed by atoms with van der Waals surface area (Å²) in [4.78, 5) is 37.4. The van der Waals surface area contributed by atoms with Crippen molar-refractivity contribution in [3.05, 3.63) is 46.0 Å². The molecular formula is C21H27N3O4. The highest BCUT2D eigenvalue weighted by atomic mass is 16.6. The molecular weight excluding hydrogens is 358 g/mol. The average molecular weight is 385 g/mol. The first-order chi connectivity index (χ1) is 13.5. The van der Waals surface area contributed by atoms with Crippen molar-refractivity contribution in [2.45, 2.75) is 51.0 Å². The van der Waals surface area contributed by atoms with Crippen molar-refractivity contribution < 1.29 is 14.5 Å². The largest absolute Gasteiger partial charge is 0.353 e. The van der Waals surface area contributed by atoms with Crippen LogP contribution in [0.15, 0.2) is 30.3 Å². The third kappa shape index (κ3) is 5.18. The Morgan fingerprint density at radius 1 is 1.11 bits per heavy atom. The van der Waals surface area contributed by atoms with Gasteiger partial charge in [0.15, 0.2) is 0 Å². The van der Waals surface area contributed by atoms with E-state index in [1.54, 1.807) is 23.1 Å². The molecule has 1 unspecified atom stereocenters. The van der Waals surface area contributed by atoms with Crippen LogP contribution < -0.4 is 5.32 Å². The second-order valence-corrected chi connectivity index (χ2v) is 7.62. The Kier molecular flexibility index (Phi) is 6.79. The van der Waals surface area contributed by atoms with Crippen molar-refractivity contribution in [1.82, 2.24) is 10.2 Å². The minimum atomic E-state index is -0.462. The van der Waals surface area contributed by atoms with E-state index in [1.165, 1.54) is 24.6 Å². The van der Waals surface area contributed by atoms with Crippen molar-refractivity contribution in [2.75, 3.05) is 13.1 Å². The number of nitrogens with zero attached hydrogens (tertiary/aromatic N) is 2. The topological polar surface area (TPSA) is 92.6 Å². The van der Waals surface area contributed by atoms with Gasteiger partial charge in [0.05, 0.1) is 16.4 Å². The Labute approximate surface area is 164 Å². The van der Waals surface area contributed by atoms with Crippen LogP contribution in [-0.4, -0.2) is 40.8 Å². The molecule has 1 aromatic rings. The van der Waals surface area contributed by atoms with Gasteiger partial charge >= 0.3 is 0 Å². The van der Waals surface area contributed by atoms with Crippen molar-refractivity contribution in [2.24, 2.45) is 5.92 Å². The van der Waals surface area contributed by atoms with Crippen molar-refractivity contribution >= 4 is 23.6 Å². The van der Waals surface area contributed by atoms with Crippen LogP contribution in [0.4, 0.5) is 5.69 Å². The number of carbonyl (C=O) groups excluding carboxylic acids is 2. The lowest BCUT2D eigenvalue weighted by atomic mass is 9.93. The smallest absolute Gasteiger partial charge is 0.276 e. The summed E-state index contributed by atoms with van der Waals surface area (Å²) in [6, 6.07) is 6.59.